The smallest absolute Gasteiger partial charge is 0.101 e. The molecule has 46 heavy (non-hydrogen) atoms. The van der Waals surface area contributed by atoms with Crippen LogP contribution >= 0.6 is 0 Å². The molecule has 0 bridgehead atoms. The fourth-order valence-corrected chi connectivity index (χ4v) is 6.11. The molecule has 0 aliphatic heterocycles. The molecule has 216 valence electrons. The van der Waals surface area contributed by atoms with Crippen LogP contribution in [0.5, 0.6) is 0 Å². The molecule has 0 aliphatic carbocycles. The summed E-state index contributed by atoms with van der Waals surface area (Å²) in [5.41, 5.74) is 12.5. The molecule has 0 amide bonds. The first-order valence-corrected chi connectivity index (χ1v) is 15.3. The molecule has 4 nitrogen and oxygen atoms in total. The normalized spacial score (nSPS) is 11.0. The number of hydrogen-bond donors (Lipinski definition) is 0. The molecule has 0 saturated heterocycles. The predicted molar refractivity (Wildman–Crippen MR) is 188 cm³/mol. The second-order valence-corrected chi connectivity index (χ2v) is 11.1. The molecule has 0 spiro atoms. The maximum Gasteiger partial charge on any atom is 0.101 e. The van der Waals surface area contributed by atoms with Crippen LogP contribution in [0.25, 0.3) is 78.1 Å². The monoisotopic (exact) mass is 588 g/mol. The number of rotatable bonds is 6. The van der Waals surface area contributed by atoms with E-state index in [0.717, 1.165) is 78.1 Å². The highest BCUT2D eigenvalue weighted by molar-refractivity contribution is 6.02. The number of hydrogen-bond acceptors (Lipinski definition) is 4. The second kappa shape index (κ2) is 12.0. The molecule has 0 aliphatic rings. The van der Waals surface area contributed by atoms with E-state index in [1.807, 2.05) is 48.8 Å². The molecule has 0 saturated carbocycles. The lowest BCUT2D eigenvalue weighted by molar-refractivity contribution is 1.06. The van der Waals surface area contributed by atoms with E-state index in [4.69, 9.17) is 10.2 Å². The topological polar surface area (TPSA) is 51.6 Å². The van der Waals surface area contributed by atoms with Crippen molar-refractivity contribution >= 4 is 10.8 Å². The molecule has 8 rings (SSSR count). The van der Waals surface area contributed by atoms with E-state index in [2.05, 4.69) is 131 Å². The molecule has 8 aromatic rings. The van der Waals surface area contributed by atoms with Gasteiger partial charge in [-0.1, -0.05) is 133 Å². The molecule has 0 fully saturated rings. The average molecular weight is 589 g/mol. The Morgan fingerprint density at radius 3 is 1.02 bits per heavy atom. The lowest BCUT2D eigenvalue weighted by Crippen LogP contribution is -1.95. The highest BCUT2D eigenvalue weighted by Gasteiger charge is 2.15. The Bertz CT molecular complexity index is 2110. The molecule has 0 N–H and O–H groups in total. The first-order valence-electron chi connectivity index (χ1n) is 15.3. The van der Waals surface area contributed by atoms with Gasteiger partial charge in [0, 0.05) is 45.4 Å². The minimum Gasteiger partial charge on any atom is -0.256 e. The van der Waals surface area contributed by atoms with Crippen molar-refractivity contribution in [2.24, 2.45) is 0 Å². The Morgan fingerprint density at radius 2 is 0.630 bits per heavy atom. The van der Waals surface area contributed by atoms with Gasteiger partial charge in [-0.2, -0.15) is 0 Å². The fraction of sp³-hybridized carbons (Fsp3) is 0. The maximum atomic E-state index is 4.79. The van der Waals surface area contributed by atoms with Crippen molar-refractivity contribution in [2.75, 3.05) is 0 Å². The highest BCUT2D eigenvalue weighted by Crippen LogP contribution is 2.37. The third-order valence-electron chi connectivity index (χ3n) is 8.36. The quantitative estimate of drug-likeness (QED) is 0.194. The Kier molecular flexibility index (Phi) is 7.14. The maximum absolute atomic E-state index is 4.79. The van der Waals surface area contributed by atoms with Gasteiger partial charge in [0.15, 0.2) is 0 Å². The minimum absolute atomic E-state index is 0.866. The zero-order chi connectivity index (χ0) is 30.7. The number of benzene rings is 5. The van der Waals surface area contributed by atoms with Crippen LogP contribution in [0.15, 0.2) is 170 Å². The van der Waals surface area contributed by atoms with E-state index in [-0.39, 0.29) is 0 Å². The fourth-order valence-electron chi connectivity index (χ4n) is 6.11. The van der Waals surface area contributed by atoms with E-state index in [9.17, 15) is 0 Å². The lowest BCUT2D eigenvalue weighted by atomic mass is 9.94. The minimum atomic E-state index is 0.866. The molecule has 5 aromatic carbocycles. The van der Waals surface area contributed by atoms with Gasteiger partial charge in [-0.15, -0.1) is 10.2 Å². The molecule has 4 heteroatoms. The van der Waals surface area contributed by atoms with E-state index in [0.29, 0.717) is 0 Å². The standard InChI is InChI=1S/C42H28N4/c1-3-13-35(39-17-7-9-27-43-39)33(11-1)29-19-23-31(24-20-29)41-37-15-5-6-16-38(37)42(46-45-41)32-25-21-30(22-26-32)34-12-2-4-14-36(34)40-18-8-10-28-44-40/h1-28H. The van der Waals surface area contributed by atoms with Crippen molar-refractivity contribution in [2.45, 2.75) is 0 Å². The van der Waals surface area contributed by atoms with Gasteiger partial charge in [-0.3, -0.25) is 9.97 Å². The molecule has 0 radical (unpaired) electrons. The van der Waals surface area contributed by atoms with Gasteiger partial charge < -0.3 is 0 Å². The summed E-state index contributed by atoms with van der Waals surface area (Å²) in [4.78, 5) is 9.17. The van der Waals surface area contributed by atoms with E-state index >= 15 is 0 Å². The van der Waals surface area contributed by atoms with Gasteiger partial charge in [0.1, 0.15) is 11.4 Å². The lowest BCUT2D eigenvalue weighted by Gasteiger charge is -2.13. The second-order valence-electron chi connectivity index (χ2n) is 11.1. The highest BCUT2D eigenvalue weighted by atomic mass is 15.1. The Labute approximate surface area is 267 Å². The predicted octanol–water partition coefficient (Wildman–Crippen LogP) is 10.4. The van der Waals surface area contributed by atoms with Crippen LogP contribution in [-0.2, 0) is 0 Å². The van der Waals surface area contributed by atoms with Crippen molar-refractivity contribution < 1.29 is 0 Å². The number of aromatic nitrogens is 4. The van der Waals surface area contributed by atoms with Crippen LogP contribution in [0.1, 0.15) is 0 Å². The van der Waals surface area contributed by atoms with Crippen molar-refractivity contribution in [1.82, 2.24) is 20.2 Å². The Hall–Kier alpha value is -6.26. The molecule has 0 unspecified atom stereocenters. The van der Waals surface area contributed by atoms with E-state index in [1.165, 1.54) is 0 Å². The largest absolute Gasteiger partial charge is 0.256 e. The van der Waals surface area contributed by atoms with Gasteiger partial charge in [0.05, 0.1) is 11.4 Å². The summed E-state index contributed by atoms with van der Waals surface area (Å²) in [6, 6.07) is 54.3. The SMILES string of the molecule is c1ccc(-c2ccccc2-c2ccc(-c3nnc(-c4ccc(-c5ccccc5-c5ccccn5)cc4)c4ccccc34)cc2)nc1. The van der Waals surface area contributed by atoms with Crippen LogP contribution in [0.2, 0.25) is 0 Å². The van der Waals surface area contributed by atoms with Crippen molar-refractivity contribution in [3.8, 4) is 67.3 Å². The molecular weight excluding hydrogens is 560 g/mol. The van der Waals surface area contributed by atoms with Crippen LogP contribution < -0.4 is 0 Å². The van der Waals surface area contributed by atoms with Crippen LogP contribution in [0.3, 0.4) is 0 Å². The van der Waals surface area contributed by atoms with Gasteiger partial charge in [0.25, 0.3) is 0 Å². The summed E-state index contributed by atoms with van der Waals surface area (Å²) in [7, 11) is 0. The summed E-state index contributed by atoms with van der Waals surface area (Å²) < 4.78 is 0. The van der Waals surface area contributed by atoms with Crippen molar-refractivity contribution in [3.05, 3.63) is 170 Å². The van der Waals surface area contributed by atoms with Crippen LogP contribution in [-0.4, -0.2) is 20.2 Å². The van der Waals surface area contributed by atoms with E-state index in [1.54, 1.807) is 0 Å². The van der Waals surface area contributed by atoms with Crippen LogP contribution in [0.4, 0.5) is 0 Å². The summed E-state index contributed by atoms with van der Waals surface area (Å²) >= 11 is 0. The summed E-state index contributed by atoms with van der Waals surface area (Å²) in [5.74, 6) is 0. The van der Waals surface area contributed by atoms with Gasteiger partial charge >= 0.3 is 0 Å². The zero-order valence-corrected chi connectivity index (χ0v) is 25.0. The van der Waals surface area contributed by atoms with E-state index < -0.39 is 0 Å². The Balaban J connectivity index is 1.13. The van der Waals surface area contributed by atoms with Gasteiger partial charge in [0.2, 0.25) is 0 Å². The van der Waals surface area contributed by atoms with Crippen molar-refractivity contribution in [1.29, 1.82) is 0 Å². The zero-order valence-electron chi connectivity index (χ0n) is 25.0. The average Bonchev–Trinajstić information content (AvgIpc) is 3.15. The summed E-state index contributed by atoms with van der Waals surface area (Å²) in [5, 5.41) is 11.7. The first kappa shape index (κ1) is 27.3. The van der Waals surface area contributed by atoms with Crippen LogP contribution in [0, 0.1) is 0 Å². The van der Waals surface area contributed by atoms with Gasteiger partial charge in [-0.05, 0) is 46.5 Å². The van der Waals surface area contributed by atoms with Gasteiger partial charge in [-0.25, -0.2) is 0 Å². The Morgan fingerprint density at radius 1 is 0.283 bits per heavy atom. The number of pyridine rings is 2. The molecule has 3 aromatic heterocycles. The molecule has 0 atom stereocenters. The third-order valence-corrected chi connectivity index (χ3v) is 8.36. The first-order chi connectivity index (χ1) is 22.8. The summed E-state index contributed by atoms with van der Waals surface area (Å²) in [6.07, 6.45) is 3.67. The number of fused-ring (bicyclic) bond motifs is 1. The van der Waals surface area contributed by atoms with Crippen molar-refractivity contribution in [3.63, 3.8) is 0 Å². The molecule has 3 heterocycles. The third kappa shape index (κ3) is 5.12. The number of nitrogens with zero attached hydrogens (tertiary/aromatic N) is 4. The molecular formula is C42H28N4. The summed E-state index contributed by atoms with van der Waals surface area (Å²) in [6.45, 7) is 0.